The van der Waals surface area contributed by atoms with Crippen molar-refractivity contribution in [2.75, 3.05) is 24.7 Å². The Balaban J connectivity index is 2.00. The van der Waals surface area contributed by atoms with E-state index in [1.54, 1.807) is 6.20 Å². The smallest absolute Gasteiger partial charge is 0.233 e. The number of carbonyl (C=O) groups excluding carboxylic acids is 1. The lowest BCUT2D eigenvalue weighted by Gasteiger charge is -2.19. The number of hydrogen-bond acceptors (Lipinski definition) is 6. The predicted molar refractivity (Wildman–Crippen MR) is 95.6 cm³/mol. The van der Waals surface area contributed by atoms with E-state index in [-0.39, 0.29) is 24.5 Å². The monoisotopic (exact) mass is 354 g/mol. The van der Waals surface area contributed by atoms with E-state index in [4.69, 9.17) is 16.4 Å². The number of benzene rings is 1. The van der Waals surface area contributed by atoms with Gasteiger partial charge in [0.2, 0.25) is 5.91 Å². The van der Waals surface area contributed by atoms with Crippen LogP contribution < -0.4 is 5.84 Å². The van der Waals surface area contributed by atoms with Gasteiger partial charge in [0.25, 0.3) is 0 Å². The molecule has 25 heavy (non-hydrogen) atoms. The highest BCUT2D eigenvalue weighted by Crippen LogP contribution is 2.22. The van der Waals surface area contributed by atoms with Crippen molar-refractivity contribution in [3.8, 4) is 23.4 Å². The second-order valence-corrected chi connectivity index (χ2v) is 6.11. The Labute approximate surface area is 150 Å². The number of rotatable bonds is 8. The van der Waals surface area contributed by atoms with E-state index in [2.05, 4.69) is 4.98 Å². The molecule has 0 radical (unpaired) electrons. The van der Waals surface area contributed by atoms with Crippen molar-refractivity contribution in [3.05, 3.63) is 36.5 Å². The van der Waals surface area contributed by atoms with Crippen LogP contribution in [-0.2, 0) is 4.79 Å². The summed E-state index contributed by atoms with van der Waals surface area (Å²) in [5, 5.41) is 17.9. The molecule has 0 aliphatic rings. The van der Waals surface area contributed by atoms with Crippen LogP contribution in [-0.4, -0.2) is 39.3 Å². The second kappa shape index (κ2) is 9.36. The highest BCUT2D eigenvalue weighted by Gasteiger charge is 2.16. The molecule has 1 aromatic carbocycles. The van der Waals surface area contributed by atoms with Crippen LogP contribution >= 0.6 is 11.8 Å². The van der Waals surface area contributed by atoms with E-state index >= 15 is 0 Å². The molecule has 0 unspecified atom stereocenters. The predicted octanol–water partition coefficient (Wildman–Crippen LogP) is 2.01. The molecule has 2 aromatic rings. The molecular weight excluding hydrogens is 336 g/mol. The number of nitriles is 2. The van der Waals surface area contributed by atoms with Gasteiger partial charge in [-0.15, -0.1) is 0 Å². The summed E-state index contributed by atoms with van der Waals surface area (Å²) in [7, 11) is 0. The van der Waals surface area contributed by atoms with Gasteiger partial charge in [0.05, 0.1) is 42.6 Å². The topological polar surface area (TPSA) is 112 Å². The van der Waals surface area contributed by atoms with Crippen LogP contribution in [0.25, 0.3) is 11.3 Å². The van der Waals surface area contributed by atoms with E-state index in [0.717, 1.165) is 11.3 Å². The number of nitrogen functional groups attached to an aromatic ring is 1. The third-order valence-corrected chi connectivity index (χ3v) is 4.38. The number of aromatic nitrogens is 2. The first-order valence-electron chi connectivity index (χ1n) is 7.70. The Bertz CT molecular complexity index is 772. The maximum atomic E-state index is 12.3. The number of hydrogen-bond donors (Lipinski definition) is 1. The number of amides is 1. The highest BCUT2D eigenvalue weighted by atomic mass is 32.2. The van der Waals surface area contributed by atoms with Gasteiger partial charge in [-0.25, -0.2) is 9.66 Å². The van der Waals surface area contributed by atoms with Gasteiger partial charge in [-0.1, -0.05) is 42.1 Å². The summed E-state index contributed by atoms with van der Waals surface area (Å²) in [4.78, 5) is 18.3. The van der Waals surface area contributed by atoms with Crippen molar-refractivity contribution in [1.29, 1.82) is 10.5 Å². The van der Waals surface area contributed by atoms with E-state index in [0.29, 0.717) is 18.2 Å². The zero-order valence-electron chi connectivity index (χ0n) is 13.6. The minimum atomic E-state index is -0.139. The van der Waals surface area contributed by atoms with Gasteiger partial charge in [-0.2, -0.15) is 10.5 Å². The molecule has 0 bridgehead atoms. The summed E-state index contributed by atoms with van der Waals surface area (Å²) in [6.07, 6.45) is 2.20. The Morgan fingerprint density at radius 3 is 2.44 bits per heavy atom. The third-order valence-electron chi connectivity index (χ3n) is 3.43. The number of thioether (sulfide) groups is 1. The molecule has 1 amide bonds. The van der Waals surface area contributed by atoms with Crippen LogP contribution in [0.15, 0.2) is 41.7 Å². The van der Waals surface area contributed by atoms with Crippen LogP contribution in [0, 0.1) is 22.7 Å². The van der Waals surface area contributed by atoms with Crippen LogP contribution in [0.5, 0.6) is 0 Å². The average Bonchev–Trinajstić information content (AvgIpc) is 3.01. The van der Waals surface area contributed by atoms with Gasteiger partial charge in [-0.05, 0) is 0 Å². The third kappa shape index (κ3) is 5.27. The Kier molecular flexibility index (Phi) is 6.87. The van der Waals surface area contributed by atoms with Crippen molar-refractivity contribution >= 4 is 17.7 Å². The van der Waals surface area contributed by atoms with Gasteiger partial charge >= 0.3 is 0 Å². The minimum Gasteiger partial charge on any atom is -0.340 e. The molecule has 0 aliphatic heterocycles. The molecule has 128 valence electrons. The Morgan fingerprint density at radius 2 is 1.84 bits per heavy atom. The van der Waals surface area contributed by atoms with E-state index in [1.807, 2.05) is 42.5 Å². The average molecular weight is 354 g/mol. The fraction of sp³-hybridized carbons (Fsp3) is 0.294. The number of carbonyl (C=O) groups is 1. The van der Waals surface area contributed by atoms with E-state index < -0.39 is 0 Å². The molecule has 7 nitrogen and oxygen atoms in total. The number of imidazole rings is 1. The Morgan fingerprint density at radius 1 is 1.20 bits per heavy atom. The number of nitrogens with zero attached hydrogens (tertiary/aromatic N) is 5. The summed E-state index contributed by atoms with van der Waals surface area (Å²) in [5.74, 6) is 5.94. The molecule has 2 rings (SSSR count). The van der Waals surface area contributed by atoms with Crippen LogP contribution in [0.2, 0.25) is 0 Å². The van der Waals surface area contributed by atoms with Crippen LogP contribution in [0.3, 0.4) is 0 Å². The van der Waals surface area contributed by atoms with Crippen LogP contribution in [0.4, 0.5) is 0 Å². The quantitative estimate of drug-likeness (QED) is 0.573. The van der Waals surface area contributed by atoms with Gasteiger partial charge in [-0.3, -0.25) is 4.79 Å². The SMILES string of the molecule is N#CCCN(CCC#N)C(=O)CSc1nc(-c2ccccc2)cn1N. The molecule has 1 heterocycles. The molecule has 8 heteroatoms. The molecule has 0 fully saturated rings. The maximum absolute atomic E-state index is 12.3. The van der Waals surface area contributed by atoms with Crippen LogP contribution in [0.1, 0.15) is 12.8 Å². The van der Waals surface area contributed by atoms with Gasteiger partial charge in [0.1, 0.15) is 0 Å². The fourth-order valence-electron chi connectivity index (χ4n) is 2.18. The van der Waals surface area contributed by atoms with Gasteiger partial charge in [0, 0.05) is 18.7 Å². The normalized spacial score (nSPS) is 10.0. The lowest BCUT2D eigenvalue weighted by Crippen LogP contribution is -2.34. The molecule has 0 saturated heterocycles. The highest BCUT2D eigenvalue weighted by molar-refractivity contribution is 7.99. The van der Waals surface area contributed by atoms with E-state index in [1.165, 1.54) is 21.3 Å². The van der Waals surface area contributed by atoms with Crippen molar-refractivity contribution in [3.63, 3.8) is 0 Å². The van der Waals surface area contributed by atoms with Crippen molar-refractivity contribution in [2.45, 2.75) is 18.0 Å². The minimum absolute atomic E-state index is 0.139. The molecule has 1 aromatic heterocycles. The molecule has 0 atom stereocenters. The fourth-order valence-corrected chi connectivity index (χ4v) is 2.98. The van der Waals surface area contributed by atoms with Crippen molar-refractivity contribution in [2.24, 2.45) is 0 Å². The van der Waals surface area contributed by atoms with Crippen molar-refractivity contribution < 1.29 is 4.79 Å². The first kappa shape index (κ1) is 18.4. The molecule has 0 spiro atoms. The second-order valence-electron chi connectivity index (χ2n) is 5.17. The summed E-state index contributed by atoms with van der Waals surface area (Å²) in [6.45, 7) is 0.647. The summed E-state index contributed by atoms with van der Waals surface area (Å²) in [6, 6.07) is 13.7. The zero-order chi connectivity index (χ0) is 18.1. The first-order valence-corrected chi connectivity index (χ1v) is 8.68. The first-order chi connectivity index (χ1) is 12.2. The van der Waals surface area contributed by atoms with E-state index in [9.17, 15) is 4.79 Å². The number of nitrogens with two attached hydrogens (primary N) is 1. The molecule has 0 aliphatic carbocycles. The molecular formula is C17H18N6OS. The lowest BCUT2D eigenvalue weighted by atomic mass is 10.2. The standard InChI is InChI=1S/C17H18N6OS/c18-8-4-10-22(11-5-9-19)16(24)13-25-17-21-15(12-23(17)20)14-6-2-1-3-7-14/h1-3,6-7,12H,4-5,10-11,13,20H2. The summed E-state index contributed by atoms with van der Waals surface area (Å²) >= 11 is 1.24. The summed E-state index contributed by atoms with van der Waals surface area (Å²) < 4.78 is 1.40. The Hall–Kier alpha value is -2.97. The molecule has 2 N–H and O–H groups in total. The van der Waals surface area contributed by atoms with Gasteiger partial charge in [0.15, 0.2) is 5.16 Å². The maximum Gasteiger partial charge on any atom is 0.233 e. The lowest BCUT2D eigenvalue weighted by molar-refractivity contribution is -0.128. The van der Waals surface area contributed by atoms with Crippen molar-refractivity contribution in [1.82, 2.24) is 14.6 Å². The molecule has 0 saturated carbocycles. The van der Waals surface area contributed by atoms with Gasteiger partial charge < -0.3 is 10.7 Å². The summed E-state index contributed by atoms with van der Waals surface area (Å²) in [5.41, 5.74) is 1.69. The largest absolute Gasteiger partial charge is 0.340 e. The zero-order valence-corrected chi connectivity index (χ0v) is 14.4.